The molecule has 1 N–H and O–H groups in total. The van der Waals surface area contributed by atoms with Crippen LogP contribution < -0.4 is 5.32 Å². The van der Waals surface area contributed by atoms with E-state index in [9.17, 15) is 0 Å². The van der Waals surface area contributed by atoms with Gasteiger partial charge in [-0.25, -0.2) is 0 Å². The van der Waals surface area contributed by atoms with E-state index in [0.717, 1.165) is 18.8 Å². The smallest absolute Gasteiger partial charge is 0.213 e. The van der Waals surface area contributed by atoms with Gasteiger partial charge in [-0.3, -0.25) is 0 Å². The van der Waals surface area contributed by atoms with Gasteiger partial charge in [-0.2, -0.15) is 4.98 Å². The Kier molecular flexibility index (Phi) is 6.00. The van der Waals surface area contributed by atoms with Crippen molar-refractivity contribution in [1.82, 2.24) is 15.5 Å². The first-order chi connectivity index (χ1) is 7.36. The molecule has 1 aromatic heterocycles. The normalized spacial score (nSPS) is 11.1. The monoisotopic (exact) mass is 211 g/mol. The number of nitrogens with one attached hydrogen (secondary N) is 1. The van der Waals surface area contributed by atoms with Crippen LogP contribution in [0.3, 0.4) is 0 Å². The van der Waals surface area contributed by atoms with Crippen LogP contribution in [0.1, 0.15) is 45.4 Å². The topological polar surface area (TPSA) is 51.0 Å². The van der Waals surface area contributed by atoms with Crippen molar-refractivity contribution in [2.45, 2.75) is 52.0 Å². The Hall–Kier alpha value is -0.900. The van der Waals surface area contributed by atoms with Crippen LogP contribution in [-0.2, 0) is 6.42 Å². The first-order valence-corrected chi connectivity index (χ1v) is 5.85. The highest BCUT2D eigenvalue weighted by Crippen LogP contribution is 2.04. The van der Waals surface area contributed by atoms with Crippen molar-refractivity contribution in [1.29, 1.82) is 0 Å². The van der Waals surface area contributed by atoms with Crippen molar-refractivity contribution in [3.8, 4) is 0 Å². The Labute approximate surface area is 91.5 Å². The Balaban J connectivity index is 2.15. The molecule has 1 heterocycles. The number of rotatable bonds is 8. The fourth-order valence-electron chi connectivity index (χ4n) is 1.74. The average molecular weight is 211 g/mol. The summed E-state index contributed by atoms with van der Waals surface area (Å²) in [6, 6.07) is 0.645. The molecular weight excluding hydrogens is 190 g/mol. The molecule has 0 aliphatic carbocycles. The minimum atomic E-state index is 0.645. The molecule has 15 heavy (non-hydrogen) atoms. The lowest BCUT2D eigenvalue weighted by Crippen LogP contribution is -2.30. The van der Waals surface area contributed by atoms with Crippen LogP contribution in [0.2, 0.25) is 0 Å². The highest BCUT2D eigenvalue weighted by atomic mass is 16.5. The predicted molar refractivity (Wildman–Crippen MR) is 59.6 cm³/mol. The van der Waals surface area contributed by atoms with Crippen LogP contribution >= 0.6 is 0 Å². The molecule has 0 saturated heterocycles. The van der Waals surface area contributed by atoms with Gasteiger partial charge in [-0.15, -0.1) is 0 Å². The predicted octanol–water partition coefficient (Wildman–Crippen LogP) is 2.17. The Morgan fingerprint density at radius 1 is 1.33 bits per heavy atom. The van der Waals surface area contributed by atoms with E-state index in [4.69, 9.17) is 0 Å². The lowest BCUT2D eigenvalue weighted by molar-refractivity contribution is 0.405. The van der Waals surface area contributed by atoms with Crippen LogP contribution in [0.25, 0.3) is 0 Å². The molecule has 0 spiro atoms. The van der Waals surface area contributed by atoms with E-state index >= 15 is 0 Å². The molecule has 1 aromatic rings. The van der Waals surface area contributed by atoms with Gasteiger partial charge >= 0.3 is 0 Å². The van der Waals surface area contributed by atoms with Gasteiger partial charge in [-0.1, -0.05) is 31.8 Å². The Morgan fingerprint density at radius 2 is 2.07 bits per heavy atom. The zero-order chi connectivity index (χ0) is 10.9. The fourth-order valence-corrected chi connectivity index (χ4v) is 1.74. The lowest BCUT2D eigenvalue weighted by Gasteiger charge is -2.16. The third-order valence-electron chi connectivity index (χ3n) is 2.46. The summed E-state index contributed by atoms with van der Waals surface area (Å²) in [4.78, 5) is 3.99. The second kappa shape index (κ2) is 7.40. The Morgan fingerprint density at radius 3 is 2.60 bits per heavy atom. The van der Waals surface area contributed by atoms with Crippen molar-refractivity contribution in [2.75, 3.05) is 6.54 Å². The molecule has 4 nitrogen and oxygen atoms in total. The number of nitrogens with zero attached hydrogens (tertiary/aromatic N) is 2. The molecule has 1 rings (SSSR count). The van der Waals surface area contributed by atoms with Crippen LogP contribution in [0.5, 0.6) is 0 Å². The summed E-state index contributed by atoms with van der Waals surface area (Å²) >= 11 is 0. The van der Waals surface area contributed by atoms with Gasteiger partial charge in [0.15, 0.2) is 5.82 Å². The minimum Gasteiger partial charge on any atom is -0.343 e. The third-order valence-corrected chi connectivity index (χ3v) is 2.46. The lowest BCUT2D eigenvalue weighted by atomic mass is 10.1. The average Bonchev–Trinajstić information content (AvgIpc) is 2.71. The standard InChI is InChI=1S/C11H21N3O/c1-3-5-10(6-4-2)12-8-7-11-13-9-15-14-11/h9-10,12H,3-8H2,1-2H3. The van der Waals surface area contributed by atoms with Gasteiger partial charge in [0.25, 0.3) is 0 Å². The highest BCUT2D eigenvalue weighted by molar-refractivity contribution is 4.79. The molecule has 86 valence electrons. The van der Waals surface area contributed by atoms with Gasteiger partial charge in [0.1, 0.15) is 0 Å². The molecule has 0 atom stereocenters. The SMILES string of the molecule is CCCC(CCC)NCCc1ncon1. The maximum Gasteiger partial charge on any atom is 0.213 e. The summed E-state index contributed by atoms with van der Waals surface area (Å²) in [6.07, 6.45) is 7.20. The van der Waals surface area contributed by atoms with Crippen molar-refractivity contribution in [2.24, 2.45) is 0 Å². The summed E-state index contributed by atoms with van der Waals surface area (Å²) in [5.41, 5.74) is 0. The first kappa shape index (κ1) is 12.2. The number of aromatic nitrogens is 2. The van der Waals surface area contributed by atoms with E-state index in [-0.39, 0.29) is 0 Å². The van der Waals surface area contributed by atoms with Gasteiger partial charge in [0, 0.05) is 19.0 Å². The van der Waals surface area contributed by atoms with Crippen LogP contribution in [0.4, 0.5) is 0 Å². The largest absolute Gasteiger partial charge is 0.343 e. The van der Waals surface area contributed by atoms with E-state index in [2.05, 4.69) is 33.8 Å². The molecule has 0 bridgehead atoms. The van der Waals surface area contributed by atoms with E-state index in [1.165, 1.54) is 32.1 Å². The quantitative estimate of drug-likeness (QED) is 0.716. The molecule has 0 amide bonds. The fraction of sp³-hybridized carbons (Fsp3) is 0.818. The van der Waals surface area contributed by atoms with Gasteiger partial charge < -0.3 is 9.84 Å². The zero-order valence-corrected chi connectivity index (χ0v) is 9.70. The maximum atomic E-state index is 4.68. The van der Waals surface area contributed by atoms with E-state index < -0.39 is 0 Å². The van der Waals surface area contributed by atoms with Crippen LogP contribution in [0.15, 0.2) is 10.9 Å². The molecule has 0 aliphatic heterocycles. The van der Waals surface area contributed by atoms with Crippen molar-refractivity contribution in [3.63, 3.8) is 0 Å². The molecule has 4 heteroatoms. The van der Waals surface area contributed by atoms with Gasteiger partial charge in [0.2, 0.25) is 6.39 Å². The summed E-state index contributed by atoms with van der Waals surface area (Å²) in [7, 11) is 0. The summed E-state index contributed by atoms with van der Waals surface area (Å²) in [5, 5.41) is 7.32. The van der Waals surface area contributed by atoms with Gasteiger partial charge in [0.05, 0.1) is 0 Å². The van der Waals surface area contributed by atoms with Crippen LogP contribution in [-0.4, -0.2) is 22.7 Å². The Bertz CT molecular complexity index is 230. The number of hydrogen-bond acceptors (Lipinski definition) is 4. The molecule has 0 saturated carbocycles. The molecule has 0 radical (unpaired) electrons. The van der Waals surface area contributed by atoms with Crippen molar-refractivity contribution < 1.29 is 4.52 Å². The molecule has 0 fully saturated rings. The molecule has 0 aromatic carbocycles. The third kappa shape index (κ3) is 4.93. The minimum absolute atomic E-state index is 0.645. The second-order valence-electron chi connectivity index (χ2n) is 3.83. The van der Waals surface area contributed by atoms with E-state index in [0.29, 0.717) is 6.04 Å². The highest BCUT2D eigenvalue weighted by Gasteiger charge is 2.06. The van der Waals surface area contributed by atoms with E-state index in [1.54, 1.807) is 0 Å². The maximum absolute atomic E-state index is 4.68. The summed E-state index contributed by atoms with van der Waals surface area (Å²) < 4.78 is 4.68. The molecule has 0 aliphatic rings. The molecular formula is C11H21N3O. The second-order valence-corrected chi connectivity index (χ2v) is 3.83. The number of hydrogen-bond donors (Lipinski definition) is 1. The van der Waals surface area contributed by atoms with E-state index in [1.807, 2.05) is 0 Å². The summed E-state index contributed by atoms with van der Waals surface area (Å²) in [6.45, 7) is 5.39. The summed E-state index contributed by atoms with van der Waals surface area (Å²) in [5.74, 6) is 0.786. The van der Waals surface area contributed by atoms with Gasteiger partial charge in [-0.05, 0) is 12.8 Å². The van der Waals surface area contributed by atoms with Crippen molar-refractivity contribution >= 4 is 0 Å². The molecule has 0 unspecified atom stereocenters. The van der Waals surface area contributed by atoms with Crippen molar-refractivity contribution in [3.05, 3.63) is 12.2 Å². The first-order valence-electron chi connectivity index (χ1n) is 5.85. The zero-order valence-electron chi connectivity index (χ0n) is 9.70. The van der Waals surface area contributed by atoms with Crippen LogP contribution in [0, 0.1) is 0 Å².